The Bertz CT molecular complexity index is 520. The van der Waals surface area contributed by atoms with E-state index in [0.29, 0.717) is 0 Å². The minimum atomic E-state index is -0.768. The Balaban J connectivity index is 2.28. The van der Waals surface area contributed by atoms with Crippen molar-refractivity contribution in [3.05, 3.63) is 54.6 Å². The van der Waals surface area contributed by atoms with E-state index in [1.807, 2.05) is 13.0 Å². The van der Waals surface area contributed by atoms with E-state index in [4.69, 9.17) is 4.74 Å². The predicted molar refractivity (Wildman–Crippen MR) is 84.1 cm³/mol. The normalized spacial score (nSPS) is 30.6. The number of aliphatic hydroxyl groups excluding tert-OH is 1. The van der Waals surface area contributed by atoms with E-state index < -0.39 is 6.10 Å². The fourth-order valence-electron chi connectivity index (χ4n) is 2.85. The first-order chi connectivity index (χ1) is 9.87. The Morgan fingerprint density at radius 2 is 2.05 bits per heavy atom. The van der Waals surface area contributed by atoms with Crippen LogP contribution < -0.4 is 0 Å². The molecule has 0 saturated carbocycles. The molecule has 1 aromatic carbocycles. The molecule has 3 heteroatoms. The van der Waals surface area contributed by atoms with Crippen molar-refractivity contribution in [2.75, 3.05) is 0 Å². The number of aromatic hydroxyl groups is 1. The van der Waals surface area contributed by atoms with Crippen LogP contribution in [0.15, 0.2) is 49.1 Å². The summed E-state index contributed by atoms with van der Waals surface area (Å²) in [4.78, 5) is 0. The van der Waals surface area contributed by atoms with Gasteiger partial charge in [-0.3, -0.25) is 0 Å². The summed E-state index contributed by atoms with van der Waals surface area (Å²) in [6.07, 6.45) is 2.47. The first-order valence-electron chi connectivity index (χ1n) is 7.29. The van der Waals surface area contributed by atoms with Crippen molar-refractivity contribution in [2.24, 2.45) is 5.41 Å². The Labute approximate surface area is 126 Å². The minimum Gasteiger partial charge on any atom is -0.508 e. The molecule has 1 saturated heterocycles. The van der Waals surface area contributed by atoms with Gasteiger partial charge in [-0.25, -0.2) is 0 Å². The van der Waals surface area contributed by atoms with E-state index in [-0.39, 0.29) is 23.4 Å². The molecule has 1 heterocycles. The van der Waals surface area contributed by atoms with Crippen LogP contribution in [0.25, 0.3) is 0 Å². The molecular formula is C18H24O3. The quantitative estimate of drug-likeness (QED) is 0.830. The average Bonchev–Trinajstić information content (AvgIpc) is 2.47. The lowest BCUT2D eigenvalue weighted by Crippen LogP contribution is -2.45. The smallest absolute Gasteiger partial charge is 0.115 e. The maximum Gasteiger partial charge on any atom is 0.115 e. The van der Waals surface area contributed by atoms with Crippen LogP contribution in [0.5, 0.6) is 5.75 Å². The lowest BCUT2D eigenvalue weighted by molar-refractivity contribution is -0.144. The zero-order chi connectivity index (χ0) is 15.6. The number of aliphatic hydroxyl groups is 1. The molecule has 21 heavy (non-hydrogen) atoms. The summed E-state index contributed by atoms with van der Waals surface area (Å²) in [6.45, 7) is 11.9. The van der Waals surface area contributed by atoms with Gasteiger partial charge < -0.3 is 14.9 Å². The molecule has 1 fully saturated rings. The molecule has 1 aromatic rings. The summed E-state index contributed by atoms with van der Waals surface area (Å²) in [6, 6.07) is 6.58. The van der Waals surface area contributed by atoms with Crippen molar-refractivity contribution in [1.29, 1.82) is 0 Å². The second-order valence-corrected chi connectivity index (χ2v) is 6.18. The van der Waals surface area contributed by atoms with Crippen LogP contribution in [0, 0.1) is 5.41 Å². The van der Waals surface area contributed by atoms with E-state index in [1.54, 1.807) is 24.3 Å². The van der Waals surface area contributed by atoms with Crippen LogP contribution in [0.4, 0.5) is 0 Å². The standard InChI is InChI=1S/C18H24O3/c1-5-18(4)11-10-15(12(2)3)21-17(18)16(20)13-6-8-14(19)9-7-13/h5-9,15-17,19-20H,1-2,10-11H2,3-4H3/t15-,16-,17+,18+/m0/s1. The monoisotopic (exact) mass is 288 g/mol. The van der Waals surface area contributed by atoms with Crippen molar-refractivity contribution >= 4 is 0 Å². The van der Waals surface area contributed by atoms with Crippen molar-refractivity contribution in [1.82, 2.24) is 0 Å². The van der Waals surface area contributed by atoms with Crippen molar-refractivity contribution in [3.8, 4) is 5.75 Å². The summed E-state index contributed by atoms with van der Waals surface area (Å²) < 4.78 is 6.12. The molecule has 1 aliphatic rings. The lowest BCUT2D eigenvalue weighted by atomic mass is 9.73. The van der Waals surface area contributed by atoms with Gasteiger partial charge >= 0.3 is 0 Å². The van der Waals surface area contributed by atoms with Gasteiger partial charge in [0, 0.05) is 5.41 Å². The van der Waals surface area contributed by atoms with Gasteiger partial charge in [-0.15, -0.1) is 6.58 Å². The van der Waals surface area contributed by atoms with Gasteiger partial charge in [0.15, 0.2) is 0 Å². The zero-order valence-electron chi connectivity index (χ0n) is 12.7. The van der Waals surface area contributed by atoms with Gasteiger partial charge in [-0.2, -0.15) is 0 Å². The third-order valence-electron chi connectivity index (χ3n) is 4.44. The minimum absolute atomic E-state index is 0.0326. The summed E-state index contributed by atoms with van der Waals surface area (Å²) in [5, 5.41) is 20.1. The molecule has 2 rings (SSSR count). The molecule has 4 atom stereocenters. The maximum atomic E-state index is 10.7. The van der Waals surface area contributed by atoms with Crippen LogP contribution in [-0.2, 0) is 4.74 Å². The van der Waals surface area contributed by atoms with E-state index >= 15 is 0 Å². The van der Waals surface area contributed by atoms with Crippen molar-refractivity contribution in [2.45, 2.75) is 45.0 Å². The van der Waals surface area contributed by atoms with Crippen LogP contribution in [-0.4, -0.2) is 22.4 Å². The molecule has 2 N–H and O–H groups in total. The van der Waals surface area contributed by atoms with Crippen molar-refractivity contribution in [3.63, 3.8) is 0 Å². The largest absolute Gasteiger partial charge is 0.508 e. The molecule has 1 aliphatic heterocycles. The molecule has 0 unspecified atom stereocenters. The predicted octanol–water partition coefficient (Wildman–Crippen LogP) is 3.74. The number of hydrogen-bond acceptors (Lipinski definition) is 3. The topological polar surface area (TPSA) is 49.7 Å². The van der Waals surface area contributed by atoms with E-state index in [1.165, 1.54) is 0 Å². The molecule has 0 aromatic heterocycles. The molecule has 3 nitrogen and oxygen atoms in total. The first-order valence-corrected chi connectivity index (χ1v) is 7.29. The number of ether oxygens (including phenoxy) is 1. The van der Waals surface area contributed by atoms with Crippen LogP contribution in [0.1, 0.15) is 38.4 Å². The van der Waals surface area contributed by atoms with Gasteiger partial charge in [0.2, 0.25) is 0 Å². The van der Waals surface area contributed by atoms with Crippen molar-refractivity contribution < 1.29 is 14.9 Å². The highest BCUT2D eigenvalue weighted by molar-refractivity contribution is 5.28. The van der Waals surface area contributed by atoms with Gasteiger partial charge in [0.1, 0.15) is 11.9 Å². The first kappa shape index (κ1) is 15.8. The number of hydrogen-bond donors (Lipinski definition) is 2. The van der Waals surface area contributed by atoms with E-state index in [9.17, 15) is 10.2 Å². The van der Waals surface area contributed by atoms with Crippen LogP contribution in [0.3, 0.4) is 0 Å². The highest BCUT2D eigenvalue weighted by Gasteiger charge is 2.43. The Morgan fingerprint density at radius 3 is 2.57 bits per heavy atom. The number of phenolic OH excluding ortho intramolecular Hbond substituents is 1. The Hall–Kier alpha value is -1.58. The molecule has 114 valence electrons. The highest BCUT2D eigenvalue weighted by atomic mass is 16.5. The Kier molecular flexibility index (Phi) is 4.55. The van der Waals surface area contributed by atoms with Gasteiger partial charge in [0.25, 0.3) is 0 Å². The van der Waals surface area contributed by atoms with Gasteiger partial charge in [-0.1, -0.05) is 37.3 Å². The summed E-state index contributed by atoms with van der Waals surface area (Å²) in [7, 11) is 0. The molecule has 0 radical (unpaired) electrons. The molecule has 0 spiro atoms. The second kappa shape index (κ2) is 6.04. The Morgan fingerprint density at radius 1 is 1.43 bits per heavy atom. The van der Waals surface area contributed by atoms with E-state index in [0.717, 1.165) is 24.0 Å². The molecule has 0 aliphatic carbocycles. The third-order valence-corrected chi connectivity index (χ3v) is 4.44. The summed E-state index contributed by atoms with van der Waals surface area (Å²) >= 11 is 0. The number of benzene rings is 1. The van der Waals surface area contributed by atoms with Gasteiger partial charge in [0.05, 0.1) is 12.2 Å². The highest BCUT2D eigenvalue weighted by Crippen LogP contribution is 2.44. The summed E-state index contributed by atoms with van der Waals surface area (Å²) in [5.41, 5.74) is 1.42. The SMILES string of the molecule is C=C[C@]1(C)CC[C@@H](C(=C)C)O[C@@H]1[C@@H](O)c1ccc(O)cc1. The molecule has 0 amide bonds. The number of phenols is 1. The van der Waals surface area contributed by atoms with E-state index in [2.05, 4.69) is 20.1 Å². The third kappa shape index (κ3) is 3.20. The molecular weight excluding hydrogens is 264 g/mol. The fraction of sp³-hybridized carbons (Fsp3) is 0.444. The second-order valence-electron chi connectivity index (χ2n) is 6.18. The van der Waals surface area contributed by atoms with Crippen LogP contribution in [0.2, 0.25) is 0 Å². The zero-order valence-corrected chi connectivity index (χ0v) is 12.7. The maximum absolute atomic E-state index is 10.7. The summed E-state index contributed by atoms with van der Waals surface area (Å²) in [5.74, 6) is 0.182. The van der Waals surface area contributed by atoms with Gasteiger partial charge in [-0.05, 0) is 37.5 Å². The lowest BCUT2D eigenvalue weighted by Gasteiger charge is -2.45. The van der Waals surface area contributed by atoms with Crippen LogP contribution >= 0.6 is 0 Å². The fourth-order valence-corrected chi connectivity index (χ4v) is 2.85. The molecule has 0 bridgehead atoms. The average molecular weight is 288 g/mol. The number of rotatable bonds is 4.